The lowest BCUT2D eigenvalue weighted by molar-refractivity contribution is 0.651. The van der Waals surface area contributed by atoms with Gasteiger partial charge in [0.2, 0.25) is 0 Å². The molecule has 0 spiro atoms. The third kappa shape index (κ3) is 2.85. The first-order valence-corrected chi connectivity index (χ1v) is 5.04. The molecule has 1 heteroatoms. The van der Waals surface area contributed by atoms with Crippen molar-refractivity contribution in [1.82, 2.24) is 5.32 Å². The molecule has 1 atom stereocenters. The van der Waals surface area contributed by atoms with E-state index in [0.717, 1.165) is 0 Å². The minimum Gasteiger partial charge on any atom is -0.313 e. The monoisotopic (exact) mass is 177 g/mol. The second-order valence-corrected chi connectivity index (χ2v) is 3.51. The van der Waals surface area contributed by atoms with Gasteiger partial charge in [-0.2, -0.15) is 0 Å². The second-order valence-electron chi connectivity index (χ2n) is 3.51. The van der Waals surface area contributed by atoms with E-state index >= 15 is 0 Å². The van der Waals surface area contributed by atoms with Crippen molar-refractivity contribution in [3.8, 4) is 0 Å². The summed E-state index contributed by atoms with van der Waals surface area (Å²) in [6.07, 6.45) is 2.40. The van der Waals surface area contributed by atoms with Crippen molar-refractivity contribution >= 4 is 0 Å². The molecule has 0 saturated carbocycles. The Morgan fingerprint density at radius 1 is 1.38 bits per heavy atom. The van der Waals surface area contributed by atoms with Crippen LogP contribution < -0.4 is 5.32 Å². The van der Waals surface area contributed by atoms with E-state index in [-0.39, 0.29) is 0 Å². The minimum absolute atomic E-state index is 0.455. The molecule has 1 unspecified atom stereocenters. The lowest BCUT2D eigenvalue weighted by Gasteiger charge is -2.11. The van der Waals surface area contributed by atoms with Gasteiger partial charge in [-0.05, 0) is 31.5 Å². The van der Waals surface area contributed by atoms with Gasteiger partial charge in [0.1, 0.15) is 0 Å². The molecule has 0 fully saturated rings. The SMILES string of the molecule is CCCc1cccc(C(C)NC)c1. The zero-order chi connectivity index (χ0) is 9.68. The molecule has 0 heterocycles. The van der Waals surface area contributed by atoms with E-state index in [0.29, 0.717) is 6.04 Å². The Morgan fingerprint density at radius 2 is 2.15 bits per heavy atom. The van der Waals surface area contributed by atoms with Gasteiger partial charge in [-0.25, -0.2) is 0 Å². The lowest BCUT2D eigenvalue weighted by atomic mass is 10.0. The molecule has 13 heavy (non-hydrogen) atoms. The summed E-state index contributed by atoms with van der Waals surface area (Å²) in [4.78, 5) is 0. The van der Waals surface area contributed by atoms with Gasteiger partial charge in [-0.3, -0.25) is 0 Å². The van der Waals surface area contributed by atoms with Crippen LogP contribution in [0.1, 0.15) is 37.4 Å². The van der Waals surface area contributed by atoms with Crippen LogP contribution in [-0.2, 0) is 6.42 Å². The zero-order valence-corrected chi connectivity index (χ0v) is 8.80. The Hall–Kier alpha value is -0.820. The summed E-state index contributed by atoms with van der Waals surface area (Å²) in [5, 5.41) is 3.25. The second kappa shape index (κ2) is 5.03. The highest BCUT2D eigenvalue weighted by molar-refractivity contribution is 5.25. The number of aryl methyl sites for hydroxylation is 1. The highest BCUT2D eigenvalue weighted by Gasteiger charge is 2.01. The number of benzene rings is 1. The van der Waals surface area contributed by atoms with Gasteiger partial charge >= 0.3 is 0 Å². The summed E-state index contributed by atoms with van der Waals surface area (Å²) >= 11 is 0. The fraction of sp³-hybridized carbons (Fsp3) is 0.500. The Kier molecular flexibility index (Phi) is 3.97. The van der Waals surface area contributed by atoms with Crippen LogP contribution in [0.3, 0.4) is 0 Å². The van der Waals surface area contributed by atoms with E-state index in [4.69, 9.17) is 0 Å². The molecule has 1 aromatic rings. The summed E-state index contributed by atoms with van der Waals surface area (Å²) < 4.78 is 0. The van der Waals surface area contributed by atoms with Crippen molar-refractivity contribution in [2.24, 2.45) is 0 Å². The molecule has 0 saturated heterocycles. The highest BCUT2D eigenvalue weighted by atomic mass is 14.8. The molecule has 0 aromatic heterocycles. The molecule has 0 aliphatic rings. The molecule has 1 rings (SSSR count). The van der Waals surface area contributed by atoms with Crippen molar-refractivity contribution in [3.63, 3.8) is 0 Å². The first-order chi connectivity index (χ1) is 6.27. The summed E-state index contributed by atoms with van der Waals surface area (Å²) in [7, 11) is 2.00. The van der Waals surface area contributed by atoms with E-state index in [1.54, 1.807) is 0 Å². The third-order valence-electron chi connectivity index (χ3n) is 2.42. The fourth-order valence-electron chi connectivity index (χ4n) is 1.47. The van der Waals surface area contributed by atoms with E-state index in [1.807, 2.05) is 7.05 Å². The van der Waals surface area contributed by atoms with Crippen LogP contribution in [0.5, 0.6) is 0 Å². The highest BCUT2D eigenvalue weighted by Crippen LogP contribution is 2.14. The smallest absolute Gasteiger partial charge is 0.0289 e. The zero-order valence-electron chi connectivity index (χ0n) is 8.80. The minimum atomic E-state index is 0.455. The van der Waals surface area contributed by atoms with Gasteiger partial charge in [0.25, 0.3) is 0 Å². The topological polar surface area (TPSA) is 12.0 Å². The summed E-state index contributed by atoms with van der Waals surface area (Å²) in [5.41, 5.74) is 2.83. The Morgan fingerprint density at radius 3 is 2.77 bits per heavy atom. The predicted octanol–water partition coefficient (Wildman–Crippen LogP) is 2.92. The van der Waals surface area contributed by atoms with Crippen molar-refractivity contribution in [1.29, 1.82) is 0 Å². The number of hydrogen-bond donors (Lipinski definition) is 1. The maximum Gasteiger partial charge on any atom is 0.0289 e. The summed E-state index contributed by atoms with van der Waals surface area (Å²) in [5.74, 6) is 0. The molecule has 72 valence electrons. The van der Waals surface area contributed by atoms with Gasteiger partial charge in [-0.15, -0.1) is 0 Å². The molecule has 0 aliphatic carbocycles. The first kappa shape index (κ1) is 10.3. The van der Waals surface area contributed by atoms with Gasteiger partial charge in [0, 0.05) is 6.04 Å². The van der Waals surface area contributed by atoms with Crippen LogP contribution in [-0.4, -0.2) is 7.05 Å². The number of nitrogens with one attached hydrogen (secondary N) is 1. The van der Waals surface area contributed by atoms with Gasteiger partial charge < -0.3 is 5.32 Å². The predicted molar refractivity (Wildman–Crippen MR) is 57.9 cm³/mol. The number of rotatable bonds is 4. The average Bonchev–Trinajstić information content (AvgIpc) is 2.18. The van der Waals surface area contributed by atoms with E-state index in [9.17, 15) is 0 Å². The van der Waals surface area contributed by atoms with Crippen LogP contribution in [0.25, 0.3) is 0 Å². The van der Waals surface area contributed by atoms with Crippen LogP contribution in [0, 0.1) is 0 Å². The first-order valence-electron chi connectivity index (χ1n) is 5.04. The van der Waals surface area contributed by atoms with E-state index in [1.165, 1.54) is 24.0 Å². The molecule has 0 aliphatic heterocycles. The molecular formula is C12H19N. The molecule has 1 N–H and O–H groups in total. The maximum atomic E-state index is 3.25. The Balaban J connectivity index is 2.78. The van der Waals surface area contributed by atoms with E-state index < -0.39 is 0 Å². The van der Waals surface area contributed by atoms with Crippen LogP contribution in [0.15, 0.2) is 24.3 Å². The van der Waals surface area contributed by atoms with Crippen molar-refractivity contribution in [2.45, 2.75) is 32.7 Å². The maximum absolute atomic E-state index is 3.25. The van der Waals surface area contributed by atoms with Gasteiger partial charge in [0.15, 0.2) is 0 Å². The molecule has 1 nitrogen and oxygen atoms in total. The van der Waals surface area contributed by atoms with Crippen molar-refractivity contribution in [2.75, 3.05) is 7.05 Å². The van der Waals surface area contributed by atoms with Crippen molar-refractivity contribution < 1.29 is 0 Å². The van der Waals surface area contributed by atoms with Crippen LogP contribution in [0.2, 0.25) is 0 Å². The van der Waals surface area contributed by atoms with Gasteiger partial charge in [0.05, 0.1) is 0 Å². The summed E-state index contributed by atoms with van der Waals surface area (Å²) in [6, 6.07) is 9.28. The molecule has 0 bridgehead atoms. The van der Waals surface area contributed by atoms with Crippen LogP contribution in [0.4, 0.5) is 0 Å². The summed E-state index contributed by atoms with van der Waals surface area (Å²) in [6.45, 7) is 4.40. The van der Waals surface area contributed by atoms with E-state index in [2.05, 4.69) is 43.4 Å². The molecule has 0 radical (unpaired) electrons. The standard InChI is InChI=1S/C12H19N/c1-4-6-11-7-5-8-12(9-11)10(2)13-3/h5,7-10,13H,4,6H2,1-3H3. The molecule has 0 amide bonds. The normalized spacial score (nSPS) is 12.8. The van der Waals surface area contributed by atoms with Crippen molar-refractivity contribution in [3.05, 3.63) is 35.4 Å². The lowest BCUT2D eigenvalue weighted by Crippen LogP contribution is -2.12. The van der Waals surface area contributed by atoms with Crippen LogP contribution >= 0.6 is 0 Å². The molecule has 1 aromatic carbocycles. The average molecular weight is 177 g/mol. The third-order valence-corrected chi connectivity index (χ3v) is 2.42. The Labute approximate surface area is 81.2 Å². The fourth-order valence-corrected chi connectivity index (χ4v) is 1.47. The molecular weight excluding hydrogens is 158 g/mol. The quantitative estimate of drug-likeness (QED) is 0.745. The largest absolute Gasteiger partial charge is 0.313 e. The Bertz CT molecular complexity index is 255. The number of hydrogen-bond acceptors (Lipinski definition) is 1. The van der Waals surface area contributed by atoms with Gasteiger partial charge in [-0.1, -0.05) is 37.6 Å².